The molecule has 1 saturated heterocycles. The van der Waals surface area contributed by atoms with Crippen molar-refractivity contribution in [2.75, 3.05) is 50.8 Å². The van der Waals surface area contributed by atoms with E-state index in [1.54, 1.807) is 29.2 Å². The molecule has 154 valence electrons. The number of carbonyl (C=O) groups excluding carboxylic acids is 2. The van der Waals surface area contributed by atoms with Crippen molar-refractivity contribution >= 4 is 17.5 Å². The SMILES string of the molecule is CCN(C(=O)c1cccc(C(=O)NCCN2CCOCC2)c1)c1cccc(C)c1. The second-order valence-corrected chi connectivity index (χ2v) is 7.18. The van der Waals surface area contributed by atoms with Crippen LogP contribution in [-0.4, -0.2) is 62.7 Å². The van der Waals surface area contributed by atoms with Gasteiger partial charge in [0.05, 0.1) is 13.2 Å². The molecule has 1 fully saturated rings. The Kier molecular flexibility index (Phi) is 7.38. The Bertz CT molecular complexity index is 847. The van der Waals surface area contributed by atoms with Crippen LogP contribution in [0.25, 0.3) is 0 Å². The third-order valence-electron chi connectivity index (χ3n) is 5.06. The number of amides is 2. The molecule has 0 saturated carbocycles. The monoisotopic (exact) mass is 395 g/mol. The Morgan fingerprint density at radius 3 is 2.52 bits per heavy atom. The van der Waals surface area contributed by atoms with Crippen molar-refractivity contribution in [3.05, 3.63) is 65.2 Å². The fraction of sp³-hybridized carbons (Fsp3) is 0.391. The summed E-state index contributed by atoms with van der Waals surface area (Å²) in [4.78, 5) is 29.6. The van der Waals surface area contributed by atoms with Gasteiger partial charge in [0, 0.05) is 49.5 Å². The zero-order valence-corrected chi connectivity index (χ0v) is 17.2. The maximum Gasteiger partial charge on any atom is 0.258 e. The minimum absolute atomic E-state index is 0.110. The molecule has 0 aliphatic carbocycles. The predicted octanol–water partition coefficient (Wildman–Crippen LogP) is 2.72. The summed E-state index contributed by atoms with van der Waals surface area (Å²) in [5, 5.41) is 2.95. The molecule has 1 heterocycles. The maximum atomic E-state index is 13.1. The highest BCUT2D eigenvalue weighted by Gasteiger charge is 2.18. The number of hydrogen-bond donors (Lipinski definition) is 1. The molecule has 2 amide bonds. The normalized spacial score (nSPS) is 14.4. The van der Waals surface area contributed by atoms with Crippen LogP contribution in [0.1, 0.15) is 33.2 Å². The molecule has 2 aromatic carbocycles. The Morgan fingerprint density at radius 2 is 1.79 bits per heavy atom. The van der Waals surface area contributed by atoms with E-state index in [0.717, 1.165) is 44.1 Å². The van der Waals surface area contributed by atoms with E-state index in [0.29, 0.717) is 24.2 Å². The minimum atomic E-state index is -0.161. The van der Waals surface area contributed by atoms with E-state index in [4.69, 9.17) is 4.74 Å². The van der Waals surface area contributed by atoms with Gasteiger partial charge in [0.1, 0.15) is 0 Å². The lowest BCUT2D eigenvalue weighted by Crippen LogP contribution is -2.41. The van der Waals surface area contributed by atoms with Crippen molar-refractivity contribution in [3.8, 4) is 0 Å². The van der Waals surface area contributed by atoms with Crippen molar-refractivity contribution in [3.63, 3.8) is 0 Å². The van der Waals surface area contributed by atoms with Gasteiger partial charge in [0.2, 0.25) is 0 Å². The van der Waals surface area contributed by atoms with Gasteiger partial charge in [-0.1, -0.05) is 18.2 Å². The molecule has 3 rings (SSSR count). The fourth-order valence-corrected chi connectivity index (χ4v) is 3.44. The highest BCUT2D eigenvalue weighted by Crippen LogP contribution is 2.19. The van der Waals surface area contributed by atoms with E-state index in [2.05, 4.69) is 10.2 Å². The molecule has 2 aromatic rings. The Labute approximate surface area is 172 Å². The van der Waals surface area contributed by atoms with E-state index in [-0.39, 0.29) is 11.8 Å². The zero-order valence-electron chi connectivity index (χ0n) is 17.2. The molecule has 0 spiro atoms. The number of carbonyl (C=O) groups is 2. The van der Waals surface area contributed by atoms with Crippen molar-refractivity contribution in [1.29, 1.82) is 0 Å². The van der Waals surface area contributed by atoms with Crippen LogP contribution in [0, 0.1) is 6.92 Å². The summed E-state index contributed by atoms with van der Waals surface area (Å²) in [5.41, 5.74) is 2.97. The Hall–Kier alpha value is -2.70. The summed E-state index contributed by atoms with van der Waals surface area (Å²) in [6.07, 6.45) is 0. The molecule has 0 unspecified atom stereocenters. The number of nitrogens with zero attached hydrogens (tertiary/aromatic N) is 2. The zero-order chi connectivity index (χ0) is 20.6. The maximum absolute atomic E-state index is 13.1. The van der Waals surface area contributed by atoms with Crippen LogP contribution in [0.2, 0.25) is 0 Å². The predicted molar refractivity (Wildman–Crippen MR) is 115 cm³/mol. The largest absolute Gasteiger partial charge is 0.379 e. The molecule has 0 bridgehead atoms. The fourth-order valence-electron chi connectivity index (χ4n) is 3.44. The first kappa shape index (κ1) is 21.0. The van der Waals surface area contributed by atoms with Crippen molar-refractivity contribution < 1.29 is 14.3 Å². The third kappa shape index (κ3) is 5.65. The lowest BCUT2D eigenvalue weighted by molar-refractivity contribution is 0.0383. The van der Waals surface area contributed by atoms with E-state index in [9.17, 15) is 9.59 Å². The van der Waals surface area contributed by atoms with E-state index in [1.165, 1.54) is 0 Å². The average Bonchev–Trinajstić information content (AvgIpc) is 2.75. The summed E-state index contributed by atoms with van der Waals surface area (Å²) in [6.45, 7) is 9.15. The van der Waals surface area contributed by atoms with Gasteiger partial charge in [-0.05, 0) is 49.7 Å². The Morgan fingerprint density at radius 1 is 1.07 bits per heavy atom. The van der Waals surface area contributed by atoms with Gasteiger partial charge in [0.25, 0.3) is 11.8 Å². The molecule has 1 N–H and O–H groups in total. The molecule has 6 nitrogen and oxygen atoms in total. The van der Waals surface area contributed by atoms with E-state index < -0.39 is 0 Å². The lowest BCUT2D eigenvalue weighted by Gasteiger charge is -2.26. The van der Waals surface area contributed by atoms with Crippen LogP contribution < -0.4 is 10.2 Å². The van der Waals surface area contributed by atoms with Gasteiger partial charge in [-0.3, -0.25) is 14.5 Å². The molecule has 29 heavy (non-hydrogen) atoms. The number of aryl methyl sites for hydroxylation is 1. The third-order valence-corrected chi connectivity index (χ3v) is 5.06. The molecule has 6 heteroatoms. The first-order chi connectivity index (χ1) is 14.1. The highest BCUT2D eigenvalue weighted by atomic mass is 16.5. The van der Waals surface area contributed by atoms with Crippen LogP contribution >= 0.6 is 0 Å². The van der Waals surface area contributed by atoms with Gasteiger partial charge in [-0.15, -0.1) is 0 Å². The first-order valence-electron chi connectivity index (χ1n) is 10.2. The van der Waals surface area contributed by atoms with Gasteiger partial charge in [-0.25, -0.2) is 0 Å². The Balaban J connectivity index is 1.64. The quantitative estimate of drug-likeness (QED) is 0.783. The summed E-state index contributed by atoms with van der Waals surface area (Å²) in [6, 6.07) is 14.8. The lowest BCUT2D eigenvalue weighted by atomic mass is 10.1. The number of anilines is 1. The molecule has 1 aliphatic heterocycles. The van der Waals surface area contributed by atoms with Crippen LogP contribution in [-0.2, 0) is 4.74 Å². The second kappa shape index (κ2) is 10.2. The first-order valence-corrected chi connectivity index (χ1v) is 10.2. The van der Waals surface area contributed by atoms with Crippen LogP contribution in [0.3, 0.4) is 0 Å². The van der Waals surface area contributed by atoms with Gasteiger partial charge in [-0.2, -0.15) is 0 Å². The molecular formula is C23H29N3O3. The number of hydrogen-bond acceptors (Lipinski definition) is 4. The number of rotatable bonds is 7. The summed E-state index contributed by atoms with van der Waals surface area (Å²) < 4.78 is 5.33. The molecule has 0 aromatic heterocycles. The minimum Gasteiger partial charge on any atom is -0.379 e. The van der Waals surface area contributed by atoms with Gasteiger partial charge >= 0.3 is 0 Å². The standard InChI is InChI=1S/C23H29N3O3/c1-3-26(21-9-4-6-18(2)16-21)23(28)20-8-5-7-19(17-20)22(27)24-10-11-25-12-14-29-15-13-25/h4-9,16-17H,3,10-15H2,1-2H3,(H,24,27). The number of ether oxygens (including phenoxy) is 1. The summed E-state index contributed by atoms with van der Waals surface area (Å²) >= 11 is 0. The van der Waals surface area contributed by atoms with Crippen LogP contribution in [0.15, 0.2) is 48.5 Å². The number of nitrogens with one attached hydrogen (secondary N) is 1. The highest BCUT2D eigenvalue weighted by molar-refractivity contribution is 6.07. The molecule has 1 aliphatic rings. The van der Waals surface area contributed by atoms with Crippen LogP contribution in [0.4, 0.5) is 5.69 Å². The van der Waals surface area contributed by atoms with Crippen LogP contribution in [0.5, 0.6) is 0 Å². The van der Waals surface area contributed by atoms with Crippen molar-refractivity contribution in [2.45, 2.75) is 13.8 Å². The smallest absolute Gasteiger partial charge is 0.258 e. The topological polar surface area (TPSA) is 61.9 Å². The molecule has 0 atom stereocenters. The molecular weight excluding hydrogens is 366 g/mol. The van der Waals surface area contributed by atoms with Crippen molar-refractivity contribution in [2.24, 2.45) is 0 Å². The summed E-state index contributed by atoms with van der Waals surface area (Å²) in [5.74, 6) is -0.271. The summed E-state index contributed by atoms with van der Waals surface area (Å²) in [7, 11) is 0. The number of morpholine rings is 1. The van der Waals surface area contributed by atoms with E-state index >= 15 is 0 Å². The van der Waals surface area contributed by atoms with Crippen molar-refractivity contribution in [1.82, 2.24) is 10.2 Å². The van der Waals surface area contributed by atoms with Gasteiger partial charge in [0.15, 0.2) is 0 Å². The number of benzene rings is 2. The average molecular weight is 396 g/mol. The molecule has 0 radical (unpaired) electrons. The second-order valence-electron chi connectivity index (χ2n) is 7.18. The van der Waals surface area contributed by atoms with Gasteiger partial charge < -0.3 is 15.0 Å². The van der Waals surface area contributed by atoms with E-state index in [1.807, 2.05) is 38.1 Å².